The minimum Gasteiger partial charge on any atom is -0.390 e. The van der Waals surface area contributed by atoms with Crippen LogP contribution in [0.1, 0.15) is 90.9 Å². The highest BCUT2D eigenvalue weighted by Crippen LogP contribution is 2.14. The van der Waals surface area contributed by atoms with Crippen molar-refractivity contribution < 1.29 is 15.0 Å². The van der Waals surface area contributed by atoms with Gasteiger partial charge in [-0.25, -0.2) is 0 Å². The van der Waals surface area contributed by atoms with Crippen LogP contribution >= 0.6 is 0 Å². The molecule has 120 valence electrons. The maximum Gasteiger partial charge on any atom is 0.129 e. The molecule has 20 heavy (non-hydrogen) atoms. The van der Waals surface area contributed by atoms with E-state index in [1.54, 1.807) is 6.92 Å². The molecule has 0 aromatic carbocycles. The summed E-state index contributed by atoms with van der Waals surface area (Å²) in [4.78, 5) is 10.8. The van der Waals surface area contributed by atoms with E-state index < -0.39 is 12.2 Å². The quantitative estimate of drug-likeness (QED) is 0.475. The Balaban J connectivity index is 3.38. The summed E-state index contributed by atoms with van der Waals surface area (Å²) in [5.74, 6) is 0.270. The Bertz CT molecular complexity index is 228. The van der Waals surface area contributed by atoms with Crippen molar-refractivity contribution in [2.75, 3.05) is 0 Å². The standard InChI is InChI=1S/C17H34O3/c1-3-4-5-10-13-16(19)17(20)14-11-8-6-7-9-12-15(2)18/h16-17,19-20H,3-14H2,1-2H3. The van der Waals surface area contributed by atoms with Crippen molar-refractivity contribution in [1.29, 1.82) is 0 Å². The van der Waals surface area contributed by atoms with Gasteiger partial charge in [-0.05, 0) is 26.2 Å². The SMILES string of the molecule is CCCCCCC(O)C(O)CCCCCCCC(C)=O. The van der Waals surface area contributed by atoms with E-state index in [0.717, 1.165) is 51.4 Å². The van der Waals surface area contributed by atoms with E-state index in [1.807, 2.05) is 0 Å². The topological polar surface area (TPSA) is 57.5 Å². The summed E-state index contributed by atoms with van der Waals surface area (Å²) in [6.07, 6.45) is 10.8. The van der Waals surface area contributed by atoms with Gasteiger partial charge in [0, 0.05) is 6.42 Å². The first-order chi connectivity index (χ1) is 9.57. The van der Waals surface area contributed by atoms with E-state index in [-0.39, 0.29) is 5.78 Å². The molecule has 0 fully saturated rings. The van der Waals surface area contributed by atoms with Gasteiger partial charge in [0.2, 0.25) is 0 Å². The first-order valence-corrected chi connectivity index (χ1v) is 8.43. The number of aliphatic hydroxyl groups is 2. The van der Waals surface area contributed by atoms with Gasteiger partial charge in [0.05, 0.1) is 12.2 Å². The lowest BCUT2D eigenvalue weighted by Crippen LogP contribution is -2.25. The molecule has 0 spiro atoms. The Morgan fingerprint density at radius 1 is 0.800 bits per heavy atom. The molecule has 3 heteroatoms. The molecule has 0 rings (SSSR count). The fourth-order valence-electron chi connectivity index (χ4n) is 2.42. The molecule has 0 amide bonds. The largest absolute Gasteiger partial charge is 0.390 e. The molecule has 2 N–H and O–H groups in total. The maximum atomic E-state index is 10.8. The molecule has 2 unspecified atom stereocenters. The average Bonchev–Trinajstić information content (AvgIpc) is 2.41. The van der Waals surface area contributed by atoms with Crippen molar-refractivity contribution in [2.45, 2.75) is 103 Å². The molecule has 3 nitrogen and oxygen atoms in total. The Morgan fingerprint density at radius 2 is 1.25 bits per heavy atom. The smallest absolute Gasteiger partial charge is 0.129 e. The van der Waals surface area contributed by atoms with Gasteiger partial charge < -0.3 is 15.0 Å². The lowest BCUT2D eigenvalue weighted by Gasteiger charge is -2.17. The summed E-state index contributed by atoms with van der Waals surface area (Å²) in [5, 5.41) is 19.7. The number of unbranched alkanes of at least 4 members (excludes halogenated alkanes) is 7. The number of aliphatic hydroxyl groups excluding tert-OH is 2. The summed E-state index contributed by atoms with van der Waals surface area (Å²) in [6.45, 7) is 3.81. The second-order valence-electron chi connectivity index (χ2n) is 5.99. The van der Waals surface area contributed by atoms with E-state index in [1.165, 1.54) is 12.8 Å². The van der Waals surface area contributed by atoms with Gasteiger partial charge in [0.15, 0.2) is 0 Å². The minimum absolute atomic E-state index is 0.270. The highest BCUT2D eigenvalue weighted by atomic mass is 16.3. The third-order valence-corrected chi connectivity index (χ3v) is 3.83. The second-order valence-corrected chi connectivity index (χ2v) is 5.99. The molecule has 2 atom stereocenters. The van der Waals surface area contributed by atoms with E-state index >= 15 is 0 Å². The Hall–Kier alpha value is -0.410. The van der Waals surface area contributed by atoms with Gasteiger partial charge in [0.1, 0.15) is 5.78 Å². The minimum atomic E-state index is -0.561. The molecule has 0 radical (unpaired) electrons. The van der Waals surface area contributed by atoms with Crippen molar-refractivity contribution in [3.63, 3.8) is 0 Å². The second kappa shape index (κ2) is 13.6. The molecule has 0 aliphatic heterocycles. The van der Waals surface area contributed by atoms with Crippen LogP contribution in [0.4, 0.5) is 0 Å². The van der Waals surface area contributed by atoms with Crippen LogP contribution in [0.15, 0.2) is 0 Å². The van der Waals surface area contributed by atoms with Crippen molar-refractivity contribution in [3.05, 3.63) is 0 Å². The van der Waals surface area contributed by atoms with Crippen LogP contribution in [-0.2, 0) is 4.79 Å². The van der Waals surface area contributed by atoms with Crippen LogP contribution in [0.3, 0.4) is 0 Å². The molecule has 0 aromatic heterocycles. The molecular formula is C17H34O3. The average molecular weight is 286 g/mol. The molecule has 0 heterocycles. The van der Waals surface area contributed by atoms with E-state index in [4.69, 9.17) is 0 Å². The highest BCUT2D eigenvalue weighted by molar-refractivity contribution is 5.75. The molecule has 0 bridgehead atoms. The Morgan fingerprint density at radius 3 is 1.75 bits per heavy atom. The molecule has 0 aliphatic carbocycles. The van der Waals surface area contributed by atoms with Gasteiger partial charge in [-0.3, -0.25) is 0 Å². The summed E-state index contributed by atoms with van der Waals surface area (Å²) in [6, 6.07) is 0. The predicted molar refractivity (Wildman–Crippen MR) is 83.8 cm³/mol. The Labute approximate surface area is 124 Å². The molecule has 0 saturated heterocycles. The van der Waals surface area contributed by atoms with Crippen LogP contribution in [-0.4, -0.2) is 28.2 Å². The van der Waals surface area contributed by atoms with Crippen molar-refractivity contribution in [1.82, 2.24) is 0 Å². The zero-order chi connectivity index (χ0) is 15.2. The van der Waals surface area contributed by atoms with Crippen molar-refractivity contribution in [2.24, 2.45) is 0 Å². The van der Waals surface area contributed by atoms with E-state index in [9.17, 15) is 15.0 Å². The first-order valence-electron chi connectivity index (χ1n) is 8.43. The summed E-state index contributed by atoms with van der Waals surface area (Å²) in [7, 11) is 0. The number of carbonyl (C=O) groups excluding carboxylic acids is 1. The maximum absolute atomic E-state index is 10.8. The normalized spacial score (nSPS) is 14.2. The molecular weight excluding hydrogens is 252 g/mol. The van der Waals surface area contributed by atoms with Gasteiger partial charge in [0.25, 0.3) is 0 Å². The summed E-state index contributed by atoms with van der Waals surface area (Å²) < 4.78 is 0. The van der Waals surface area contributed by atoms with Gasteiger partial charge in [-0.2, -0.15) is 0 Å². The highest BCUT2D eigenvalue weighted by Gasteiger charge is 2.14. The van der Waals surface area contributed by atoms with Crippen molar-refractivity contribution >= 4 is 5.78 Å². The lowest BCUT2D eigenvalue weighted by molar-refractivity contribution is -0.117. The number of hydrogen-bond donors (Lipinski definition) is 2. The van der Waals surface area contributed by atoms with E-state index in [0.29, 0.717) is 12.8 Å². The van der Waals surface area contributed by atoms with Crippen LogP contribution < -0.4 is 0 Å². The fraction of sp³-hybridized carbons (Fsp3) is 0.941. The number of carbonyl (C=O) groups is 1. The zero-order valence-electron chi connectivity index (χ0n) is 13.4. The monoisotopic (exact) mass is 286 g/mol. The first kappa shape index (κ1) is 19.6. The van der Waals surface area contributed by atoms with Crippen molar-refractivity contribution in [3.8, 4) is 0 Å². The number of ketones is 1. The molecule has 0 saturated carbocycles. The third kappa shape index (κ3) is 12.6. The van der Waals surface area contributed by atoms with Gasteiger partial charge in [-0.1, -0.05) is 58.3 Å². The number of hydrogen-bond acceptors (Lipinski definition) is 3. The van der Waals surface area contributed by atoms with Crippen LogP contribution in [0.25, 0.3) is 0 Å². The number of rotatable bonds is 14. The number of Topliss-reactive ketones (excluding diaryl/α,β-unsaturated/α-hetero) is 1. The molecule has 0 aromatic rings. The van der Waals surface area contributed by atoms with Crippen LogP contribution in [0.2, 0.25) is 0 Å². The fourth-order valence-corrected chi connectivity index (χ4v) is 2.42. The van der Waals surface area contributed by atoms with E-state index in [2.05, 4.69) is 6.92 Å². The zero-order valence-corrected chi connectivity index (χ0v) is 13.4. The predicted octanol–water partition coefficient (Wildman–Crippen LogP) is 4.00. The summed E-state index contributed by atoms with van der Waals surface area (Å²) >= 11 is 0. The third-order valence-electron chi connectivity index (χ3n) is 3.83. The van der Waals surface area contributed by atoms with Crippen LogP contribution in [0, 0.1) is 0 Å². The van der Waals surface area contributed by atoms with Gasteiger partial charge >= 0.3 is 0 Å². The Kier molecular flexibility index (Phi) is 13.3. The summed E-state index contributed by atoms with van der Waals surface area (Å²) in [5.41, 5.74) is 0. The lowest BCUT2D eigenvalue weighted by atomic mass is 10.00. The molecule has 0 aliphatic rings. The van der Waals surface area contributed by atoms with Crippen LogP contribution in [0.5, 0.6) is 0 Å². The van der Waals surface area contributed by atoms with Gasteiger partial charge in [-0.15, -0.1) is 0 Å².